The van der Waals surface area contributed by atoms with Crippen molar-refractivity contribution in [2.75, 3.05) is 11.9 Å². The predicted molar refractivity (Wildman–Crippen MR) is 137 cm³/mol. The zero-order chi connectivity index (χ0) is 23.3. The lowest BCUT2D eigenvalue weighted by Crippen LogP contribution is -2.10. The quantitative estimate of drug-likeness (QED) is 0.208. The zero-order valence-electron chi connectivity index (χ0n) is 18.8. The number of nitrogens with one attached hydrogen (secondary N) is 1. The Morgan fingerprint density at radius 1 is 1.09 bits per heavy atom. The summed E-state index contributed by atoms with van der Waals surface area (Å²) in [5.74, 6) is 0.548. The monoisotopic (exact) mass is 495 g/mol. The summed E-state index contributed by atoms with van der Waals surface area (Å²) in [5.41, 5.74) is 2.78. The molecule has 0 spiro atoms. The molecule has 0 saturated heterocycles. The van der Waals surface area contributed by atoms with Crippen LogP contribution in [0.2, 0.25) is 0 Å². The predicted octanol–water partition coefficient (Wildman–Crippen LogP) is 6.63. The van der Waals surface area contributed by atoms with Crippen molar-refractivity contribution in [1.82, 2.24) is 19.7 Å². The van der Waals surface area contributed by atoms with Gasteiger partial charge in [-0.05, 0) is 42.5 Å². The van der Waals surface area contributed by atoms with Crippen molar-refractivity contribution in [1.29, 1.82) is 0 Å². The van der Waals surface area contributed by atoms with Crippen molar-refractivity contribution in [3.05, 3.63) is 77.7 Å². The van der Waals surface area contributed by atoms with E-state index in [1.165, 1.54) is 31.7 Å². The van der Waals surface area contributed by atoms with E-state index in [1.807, 2.05) is 41.1 Å². The van der Waals surface area contributed by atoms with Gasteiger partial charge in [0, 0.05) is 11.8 Å². The van der Waals surface area contributed by atoms with E-state index >= 15 is 0 Å². The van der Waals surface area contributed by atoms with E-state index < -0.39 is 0 Å². The van der Waals surface area contributed by atoms with Gasteiger partial charge in [-0.25, -0.2) is 19.0 Å². The molecule has 1 aliphatic rings. The van der Waals surface area contributed by atoms with Gasteiger partial charge in [-0.2, -0.15) is 5.10 Å². The molecule has 1 fully saturated rings. The number of alkyl halides is 1. The van der Waals surface area contributed by atoms with E-state index in [0.29, 0.717) is 24.8 Å². The lowest BCUT2D eigenvalue weighted by molar-refractivity contribution is 0.613. The van der Waals surface area contributed by atoms with Crippen LogP contribution in [0.4, 0.5) is 10.2 Å². The van der Waals surface area contributed by atoms with Crippen molar-refractivity contribution in [3.63, 3.8) is 0 Å². The third-order valence-electron chi connectivity index (χ3n) is 6.14. The fourth-order valence-corrected chi connectivity index (χ4v) is 5.78. The maximum atomic E-state index is 13.5. The highest BCUT2D eigenvalue weighted by atomic mass is 35.5. The average molecular weight is 496 g/mol. The second kappa shape index (κ2) is 10.7. The molecule has 5 rings (SSSR count). The Bertz CT molecular complexity index is 1240. The number of benzene rings is 2. The van der Waals surface area contributed by atoms with E-state index in [1.54, 1.807) is 30.1 Å². The summed E-state index contributed by atoms with van der Waals surface area (Å²) in [6, 6.07) is 16.7. The Morgan fingerprint density at radius 2 is 1.91 bits per heavy atom. The van der Waals surface area contributed by atoms with Gasteiger partial charge in [0.1, 0.15) is 11.6 Å². The largest absolute Gasteiger partial charge is 0.369 e. The van der Waals surface area contributed by atoms with Gasteiger partial charge in [0.15, 0.2) is 10.8 Å². The number of nitrogens with zero attached hydrogens (tertiary/aromatic N) is 4. The molecule has 34 heavy (non-hydrogen) atoms. The molecular formula is C26H27ClFN5S. The minimum atomic E-state index is -0.215. The molecular weight excluding hydrogens is 469 g/mol. The first-order valence-electron chi connectivity index (χ1n) is 11.7. The first-order valence-corrected chi connectivity index (χ1v) is 13.0. The minimum Gasteiger partial charge on any atom is -0.369 e. The second-order valence-electron chi connectivity index (χ2n) is 8.63. The fraction of sp³-hybridized carbons (Fsp3) is 0.346. The van der Waals surface area contributed by atoms with Crippen LogP contribution in [0, 0.1) is 5.82 Å². The van der Waals surface area contributed by atoms with Crippen molar-refractivity contribution in [2.45, 2.75) is 54.4 Å². The summed E-state index contributed by atoms with van der Waals surface area (Å²) in [5, 5.41) is 10.0. The third-order valence-corrected chi connectivity index (χ3v) is 7.73. The Hall–Kier alpha value is -2.64. The topological polar surface area (TPSA) is 55.6 Å². The molecule has 1 saturated carbocycles. The Kier molecular flexibility index (Phi) is 7.30. The lowest BCUT2D eigenvalue weighted by atomic mass is 10.1. The normalized spacial score (nSPS) is 15.1. The van der Waals surface area contributed by atoms with Crippen LogP contribution in [0.25, 0.3) is 11.0 Å². The molecule has 176 valence electrons. The molecule has 0 amide bonds. The average Bonchev–Trinajstić information content (AvgIpc) is 3.50. The van der Waals surface area contributed by atoms with Gasteiger partial charge in [-0.15, -0.1) is 11.6 Å². The molecule has 0 bridgehead atoms. The summed E-state index contributed by atoms with van der Waals surface area (Å²) >= 11 is 8.48. The van der Waals surface area contributed by atoms with Gasteiger partial charge in [0.05, 0.1) is 23.5 Å². The van der Waals surface area contributed by atoms with Crippen molar-refractivity contribution in [3.8, 4) is 0 Å². The van der Waals surface area contributed by atoms with Crippen LogP contribution in [0.3, 0.4) is 0 Å². The molecule has 5 nitrogen and oxygen atoms in total. The fourth-order valence-electron chi connectivity index (χ4n) is 4.35. The number of rotatable bonds is 9. The van der Waals surface area contributed by atoms with E-state index in [-0.39, 0.29) is 11.2 Å². The van der Waals surface area contributed by atoms with Crippen molar-refractivity contribution >= 4 is 40.2 Å². The van der Waals surface area contributed by atoms with Crippen LogP contribution in [0.15, 0.2) is 66.0 Å². The maximum Gasteiger partial charge on any atom is 0.191 e. The lowest BCUT2D eigenvalue weighted by Gasteiger charge is -2.13. The van der Waals surface area contributed by atoms with Gasteiger partial charge in [-0.3, -0.25) is 0 Å². The molecule has 1 atom stereocenters. The molecule has 1 N–H and O–H groups in total. The first kappa shape index (κ1) is 23.1. The van der Waals surface area contributed by atoms with Crippen LogP contribution < -0.4 is 5.32 Å². The third kappa shape index (κ3) is 5.53. The highest BCUT2D eigenvalue weighted by molar-refractivity contribution is 7.99. The van der Waals surface area contributed by atoms with E-state index in [2.05, 4.69) is 10.4 Å². The molecule has 1 unspecified atom stereocenters. The zero-order valence-corrected chi connectivity index (χ0v) is 20.4. The van der Waals surface area contributed by atoms with Crippen molar-refractivity contribution < 1.29 is 4.39 Å². The first-order chi connectivity index (χ1) is 16.7. The highest BCUT2D eigenvalue weighted by Gasteiger charge is 2.21. The number of anilines is 1. The van der Waals surface area contributed by atoms with Crippen LogP contribution >= 0.6 is 23.4 Å². The smallest absolute Gasteiger partial charge is 0.191 e. The summed E-state index contributed by atoms with van der Waals surface area (Å²) in [7, 11) is 0. The van der Waals surface area contributed by atoms with Gasteiger partial charge in [0.2, 0.25) is 0 Å². The molecule has 4 aromatic rings. The molecule has 0 aliphatic heterocycles. The molecule has 2 aromatic heterocycles. The molecule has 0 radical (unpaired) electrons. The van der Waals surface area contributed by atoms with E-state index in [0.717, 1.165) is 33.1 Å². The summed E-state index contributed by atoms with van der Waals surface area (Å²) < 4.78 is 15.4. The summed E-state index contributed by atoms with van der Waals surface area (Å²) in [4.78, 5) is 9.73. The highest BCUT2D eigenvalue weighted by Crippen LogP contribution is 2.35. The number of thioether (sulfide) groups is 1. The molecule has 1 aliphatic carbocycles. The van der Waals surface area contributed by atoms with E-state index in [4.69, 9.17) is 21.6 Å². The standard InChI is InChI=1S/C26H27ClFN5S/c27-23(19-8-2-1-3-9-19)17-33-25-22(16-30-33)24(29-14-13-18-7-6-10-20(28)15-18)31-26(32-25)34-21-11-4-5-12-21/h1-3,6-10,15-16,21,23H,4-5,11-14,17H2,(H,29,31,32). The van der Waals surface area contributed by atoms with Crippen molar-refractivity contribution in [2.24, 2.45) is 0 Å². The van der Waals surface area contributed by atoms with Gasteiger partial charge < -0.3 is 5.32 Å². The van der Waals surface area contributed by atoms with Crippen LogP contribution in [0.1, 0.15) is 42.2 Å². The number of hydrogen-bond acceptors (Lipinski definition) is 5. The van der Waals surface area contributed by atoms with E-state index in [9.17, 15) is 4.39 Å². The number of fused-ring (bicyclic) bond motifs is 1. The number of hydrogen-bond donors (Lipinski definition) is 1. The minimum absolute atomic E-state index is 0.213. The maximum absolute atomic E-state index is 13.5. The van der Waals surface area contributed by atoms with Gasteiger partial charge in [-0.1, -0.05) is 67.1 Å². The molecule has 2 heterocycles. The summed E-state index contributed by atoms with van der Waals surface area (Å²) in [6.07, 6.45) is 7.43. The van der Waals surface area contributed by atoms with Crippen LogP contribution in [-0.4, -0.2) is 31.5 Å². The van der Waals surface area contributed by atoms with Gasteiger partial charge in [0.25, 0.3) is 0 Å². The summed E-state index contributed by atoms with van der Waals surface area (Å²) in [6.45, 7) is 1.15. The molecule has 2 aromatic carbocycles. The number of aromatic nitrogens is 4. The SMILES string of the molecule is Fc1cccc(CCNc2nc(SC3CCCC3)nc3c2cnn3CC(Cl)c2ccccc2)c1. The van der Waals surface area contributed by atoms with Crippen LogP contribution in [-0.2, 0) is 13.0 Å². The number of halogens is 2. The van der Waals surface area contributed by atoms with Gasteiger partial charge >= 0.3 is 0 Å². The Balaban J connectivity index is 1.40. The second-order valence-corrected chi connectivity index (χ2v) is 10.4. The Labute approximate surface area is 208 Å². The van der Waals surface area contributed by atoms with Crippen LogP contribution in [0.5, 0.6) is 0 Å². The Morgan fingerprint density at radius 3 is 2.71 bits per heavy atom. The molecule has 8 heteroatoms.